The van der Waals surface area contributed by atoms with E-state index in [4.69, 9.17) is 0 Å². The topological polar surface area (TPSA) is 80.3 Å². The molecular formula is C6H8Na3O4+. The predicted molar refractivity (Wildman–Crippen MR) is 28.5 cm³/mol. The minimum Gasteiger partial charge on any atom is -0.550 e. The molecule has 0 saturated heterocycles. The van der Waals surface area contributed by atoms with Crippen molar-refractivity contribution in [2.24, 2.45) is 0 Å². The van der Waals surface area contributed by atoms with E-state index in [-0.39, 0.29) is 102 Å². The van der Waals surface area contributed by atoms with Crippen molar-refractivity contribution in [2.75, 3.05) is 0 Å². The Morgan fingerprint density at radius 2 is 1.00 bits per heavy atom. The van der Waals surface area contributed by atoms with Gasteiger partial charge in [0.05, 0.1) is 0 Å². The van der Waals surface area contributed by atoms with Crippen LogP contribution in [0.1, 0.15) is 25.7 Å². The third-order valence-corrected chi connectivity index (χ3v) is 1.01. The summed E-state index contributed by atoms with van der Waals surface area (Å²) in [6.45, 7) is 0. The van der Waals surface area contributed by atoms with Gasteiger partial charge in [0, 0.05) is 11.9 Å². The summed E-state index contributed by atoms with van der Waals surface area (Å²) in [4.78, 5) is 19.5. The van der Waals surface area contributed by atoms with Gasteiger partial charge in [-0.2, -0.15) is 0 Å². The van der Waals surface area contributed by atoms with Crippen molar-refractivity contribution in [3.63, 3.8) is 0 Å². The first kappa shape index (κ1) is 24.3. The number of unbranched alkanes of at least 4 members (excludes halogenated alkanes) is 1. The number of hydrogen-bond acceptors (Lipinski definition) is 4. The molecule has 0 aliphatic rings. The number of carboxylic acids is 2. The van der Waals surface area contributed by atoms with Gasteiger partial charge >= 0.3 is 88.7 Å². The first-order valence-corrected chi connectivity index (χ1v) is 3.02. The van der Waals surface area contributed by atoms with Gasteiger partial charge in [-0.1, -0.05) is 0 Å². The molecule has 0 atom stereocenters. The molecule has 0 amide bonds. The SMILES string of the molecule is O=C([O-])CCCCC(=O)[O-].[Na+].[Na+].[Na+]. The van der Waals surface area contributed by atoms with Crippen LogP contribution < -0.4 is 98.9 Å². The van der Waals surface area contributed by atoms with E-state index in [1.807, 2.05) is 0 Å². The van der Waals surface area contributed by atoms with E-state index in [2.05, 4.69) is 0 Å². The van der Waals surface area contributed by atoms with Crippen molar-refractivity contribution in [3.8, 4) is 0 Å². The second-order valence-electron chi connectivity index (χ2n) is 1.95. The quantitative estimate of drug-likeness (QED) is 0.335. The Labute approximate surface area is 144 Å². The van der Waals surface area contributed by atoms with Gasteiger partial charge in [0.15, 0.2) is 0 Å². The van der Waals surface area contributed by atoms with Gasteiger partial charge in [-0.05, 0) is 25.7 Å². The second kappa shape index (κ2) is 16.4. The molecule has 0 aliphatic heterocycles. The number of rotatable bonds is 5. The maximum absolute atomic E-state index is 9.77. The van der Waals surface area contributed by atoms with Crippen LogP contribution in [0.4, 0.5) is 0 Å². The van der Waals surface area contributed by atoms with Gasteiger partial charge in [-0.3, -0.25) is 0 Å². The molecular weight excluding hydrogens is 205 g/mol. The number of hydrogen-bond donors (Lipinski definition) is 0. The van der Waals surface area contributed by atoms with Gasteiger partial charge in [0.25, 0.3) is 0 Å². The monoisotopic (exact) mass is 213 g/mol. The van der Waals surface area contributed by atoms with E-state index in [1.54, 1.807) is 0 Å². The van der Waals surface area contributed by atoms with Crippen molar-refractivity contribution in [2.45, 2.75) is 25.7 Å². The van der Waals surface area contributed by atoms with Crippen LogP contribution in [0.25, 0.3) is 0 Å². The summed E-state index contributed by atoms with van der Waals surface area (Å²) in [7, 11) is 0. The van der Waals surface area contributed by atoms with E-state index in [0.29, 0.717) is 12.8 Å². The summed E-state index contributed by atoms with van der Waals surface area (Å²) < 4.78 is 0. The summed E-state index contributed by atoms with van der Waals surface area (Å²) >= 11 is 0. The largest absolute Gasteiger partial charge is 1.00 e. The zero-order valence-corrected chi connectivity index (χ0v) is 14.5. The molecule has 0 fully saturated rings. The predicted octanol–water partition coefficient (Wildman–Crippen LogP) is -10.9. The van der Waals surface area contributed by atoms with E-state index < -0.39 is 11.9 Å². The summed E-state index contributed by atoms with van der Waals surface area (Å²) in [5, 5.41) is 19.5. The summed E-state index contributed by atoms with van der Waals surface area (Å²) in [6.07, 6.45) is 0.535. The molecule has 0 radical (unpaired) electrons. The molecule has 0 aliphatic carbocycles. The molecule has 7 heteroatoms. The molecule has 4 nitrogen and oxygen atoms in total. The van der Waals surface area contributed by atoms with Crippen LogP contribution in [0.3, 0.4) is 0 Å². The van der Waals surface area contributed by atoms with E-state index in [0.717, 1.165) is 0 Å². The Balaban J connectivity index is -0.000000135. The summed E-state index contributed by atoms with van der Waals surface area (Å²) in [6, 6.07) is 0. The fourth-order valence-electron chi connectivity index (χ4n) is 0.539. The van der Waals surface area contributed by atoms with Gasteiger partial charge < -0.3 is 19.8 Å². The van der Waals surface area contributed by atoms with Crippen LogP contribution in [-0.4, -0.2) is 11.9 Å². The molecule has 58 valence electrons. The number of carbonyl (C=O) groups excluding carboxylic acids is 2. The maximum atomic E-state index is 9.77. The second-order valence-corrected chi connectivity index (χ2v) is 1.95. The zero-order valence-electron chi connectivity index (χ0n) is 8.46. The summed E-state index contributed by atoms with van der Waals surface area (Å²) in [5.41, 5.74) is 0. The first-order valence-electron chi connectivity index (χ1n) is 3.02. The molecule has 0 aromatic carbocycles. The average Bonchev–Trinajstić information content (AvgIpc) is 1.79. The third kappa shape index (κ3) is 24.9. The van der Waals surface area contributed by atoms with Crippen molar-refractivity contribution in [3.05, 3.63) is 0 Å². The zero-order chi connectivity index (χ0) is 7.98. The molecule has 13 heavy (non-hydrogen) atoms. The van der Waals surface area contributed by atoms with Gasteiger partial charge in [0.2, 0.25) is 0 Å². The Morgan fingerprint density at radius 3 is 1.15 bits per heavy atom. The van der Waals surface area contributed by atoms with E-state index >= 15 is 0 Å². The van der Waals surface area contributed by atoms with Gasteiger partial charge in [0.1, 0.15) is 0 Å². The molecule has 0 unspecified atom stereocenters. The molecule has 0 aromatic heterocycles. The molecule has 0 spiro atoms. The van der Waals surface area contributed by atoms with Crippen molar-refractivity contribution < 1.29 is 108 Å². The minimum atomic E-state index is -1.14. The minimum absolute atomic E-state index is 0. The Bertz CT molecular complexity index is 124. The molecule has 0 bridgehead atoms. The Morgan fingerprint density at radius 1 is 0.769 bits per heavy atom. The van der Waals surface area contributed by atoms with E-state index in [9.17, 15) is 19.8 Å². The van der Waals surface area contributed by atoms with Crippen LogP contribution in [0.5, 0.6) is 0 Å². The van der Waals surface area contributed by atoms with Crippen LogP contribution in [0.2, 0.25) is 0 Å². The molecule has 0 saturated carbocycles. The van der Waals surface area contributed by atoms with Gasteiger partial charge in [-0.15, -0.1) is 0 Å². The standard InChI is InChI=1S/C6H10O4.3Na/c7-5(8)3-1-2-4-6(9)10;;;/h1-4H2,(H,7,8)(H,9,10);;;/q;3*+1/p-2. The van der Waals surface area contributed by atoms with Crippen LogP contribution in [-0.2, 0) is 9.59 Å². The molecule has 0 rings (SSSR count). The Hall–Kier alpha value is 1.94. The van der Waals surface area contributed by atoms with Crippen LogP contribution in [0.15, 0.2) is 0 Å². The average molecular weight is 213 g/mol. The number of carboxylic acid groups (broad SMARTS) is 2. The van der Waals surface area contributed by atoms with Gasteiger partial charge in [-0.25, -0.2) is 0 Å². The molecule has 0 aromatic rings. The molecule has 0 heterocycles. The normalized spacial score (nSPS) is 7.08. The maximum Gasteiger partial charge on any atom is 1.00 e. The summed E-state index contributed by atoms with van der Waals surface area (Å²) in [5.74, 6) is -2.28. The van der Waals surface area contributed by atoms with Crippen molar-refractivity contribution >= 4 is 11.9 Å². The fraction of sp³-hybridized carbons (Fsp3) is 0.667. The number of aliphatic carboxylic acids is 2. The van der Waals surface area contributed by atoms with E-state index in [1.165, 1.54) is 0 Å². The number of carbonyl (C=O) groups is 2. The van der Waals surface area contributed by atoms with Crippen molar-refractivity contribution in [1.82, 2.24) is 0 Å². The smallest absolute Gasteiger partial charge is 0.550 e. The fourth-order valence-corrected chi connectivity index (χ4v) is 0.539. The Kier molecular flexibility index (Phi) is 30.6. The third-order valence-electron chi connectivity index (χ3n) is 1.01. The first-order chi connectivity index (χ1) is 4.63. The van der Waals surface area contributed by atoms with Crippen LogP contribution in [0, 0.1) is 0 Å². The van der Waals surface area contributed by atoms with Crippen LogP contribution >= 0.6 is 0 Å². The van der Waals surface area contributed by atoms with Crippen molar-refractivity contribution in [1.29, 1.82) is 0 Å². The molecule has 0 N–H and O–H groups in total.